The van der Waals surface area contributed by atoms with Crippen molar-refractivity contribution in [3.63, 3.8) is 0 Å². The van der Waals surface area contributed by atoms with E-state index in [0.29, 0.717) is 0 Å². The third kappa shape index (κ3) is 5.70. The van der Waals surface area contributed by atoms with Gasteiger partial charge in [-0.05, 0) is 53.2 Å². The molecule has 1 saturated heterocycles. The number of rotatable bonds is 8. The number of esters is 5. The van der Waals surface area contributed by atoms with Crippen LogP contribution in [-0.2, 0) is 47.6 Å². The number of carbonyl (C=O) groups excluding carboxylic acids is 5. The number of hydrogen-bond acceptors (Lipinski definition) is 13. The van der Waals surface area contributed by atoms with Gasteiger partial charge in [0.25, 0.3) is 0 Å². The Morgan fingerprint density at radius 1 is 0.956 bits per heavy atom. The summed E-state index contributed by atoms with van der Waals surface area (Å²) in [6, 6.07) is 7.97. The summed E-state index contributed by atoms with van der Waals surface area (Å²) in [5, 5.41) is 22.9. The highest BCUT2D eigenvalue weighted by molar-refractivity contribution is 5.89. The number of hydrogen-bond donors (Lipinski definition) is 2. The molecule has 0 aromatic heterocycles. The third-order valence-electron chi connectivity index (χ3n) is 9.45. The average molecular weight is 635 g/mol. The fourth-order valence-electron chi connectivity index (χ4n) is 7.62. The van der Waals surface area contributed by atoms with Gasteiger partial charge in [-0.1, -0.05) is 18.2 Å². The lowest BCUT2D eigenvalue weighted by Gasteiger charge is -2.65. The minimum Gasteiger partial charge on any atom is -0.469 e. The van der Waals surface area contributed by atoms with Crippen molar-refractivity contribution in [1.29, 1.82) is 0 Å². The molecule has 2 bridgehead atoms. The molecule has 13 nitrogen and oxygen atoms in total. The molecule has 4 rings (SSSR count). The first-order valence-electron chi connectivity index (χ1n) is 14.7. The largest absolute Gasteiger partial charge is 0.469 e. The van der Waals surface area contributed by atoms with Gasteiger partial charge in [-0.25, -0.2) is 9.59 Å². The van der Waals surface area contributed by atoms with Gasteiger partial charge in [-0.15, -0.1) is 0 Å². The first-order chi connectivity index (χ1) is 20.7. The van der Waals surface area contributed by atoms with Crippen molar-refractivity contribution in [2.45, 2.75) is 102 Å². The maximum Gasteiger partial charge on any atom is 0.338 e. The Balaban J connectivity index is 2.06. The van der Waals surface area contributed by atoms with E-state index in [1.54, 1.807) is 32.0 Å². The SMILES string of the molecule is COC(=O)[C@@H]1[C@@H](OC(C)=O)C[C@](C)(O)[C@@]23C[C@@H]([C@@H](OC(=O)C(C)(C)O)[C@@H](OC(C)=O)[C@]12COC(=O)c1ccccc1)C(C)(C)O3. The molecule has 1 aromatic rings. The Labute approximate surface area is 261 Å². The van der Waals surface area contributed by atoms with E-state index in [0.717, 1.165) is 21.0 Å². The van der Waals surface area contributed by atoms with Gasteiger partial charge < -0.3 is 38.6 Å². The van der Waals surface area contributed by atoms with Crippen LogP contribution in [0.2, 0.25) is 0 Å². The molecule has 8 atom stereocenters. The number of benzene rings is 1. The molecule has 0 radical (unpaired) electrons. The summed E-state index contributed by atoms with van der Waals surface area (Å²) in [6.07, 6.45) is -4.80. The zero-order chi connectivity index (χ0) is 33.8. The maximum atomic E-state index is 13.9. The van der Waals surface area contributed by atoms with Crippen molar-refractivity contribution in [2.75, 3.05) is 13.7 Å². The second-order valence-corrected chi connectivity index (χ2v) is 13.4. The summed E-state index contributed by atoms with van der Waals surface area (Å²) < 4.78 is 35.4. The lowest BCUT2D eigenvalue weighted by molar-refractivity contribution is -0.331. The first-order valence-corrected chi connectivity index (χ1v) is 14.7. The van der Waals surface area contributed by atoms with E-state index in [2.05, 4.69) is 0 Å². The quantitative estimate of drug-likeness (QED) is 0.313. The predicted molar refractivity (Wildman–Crippen MR) is 153 cm³/mol. The molecular formula is C32H42O13. The maximum absolute atomic E-state index is 13.9. The number of ether oxygens (including phenoxy) is 6. The van der Waals surface area contributed by atoms with Crippen LogP contribution < -0.4 is 0 Å². The van der Waals surface area contributed by atoms with Crippen molar-refractivity contribution >= 4 is 29.8 Å². The molecule has 1 heterocycles. The smallest absolute Gasteiger partial charge is 0.338 e. The standard InChI is InChI=1S/C32H42O13/c1-17(33)42-21-15-30(7,39)32-14-20(29(5,6)45-32)23(44-27(37)28(3,4)38)24(43-18(2)34)31(32,22(21)26(36)40-8)16-41-25(35)19-12-10-9-11-13-19/h9-13,20-24,38-39H,14-16H2,1-8H3/t20-,21-,22-,23+,24+,30-,31-,32-/m0/s1. The second-order valence-electron chi connectivity index (χ2n) is 13.4. The van der Waals surface area contributed by atoms with Crippen LogP contribution in [0.1, 0.15) is 71.7 Å². The second kappa shape index (κ2) is 11.7. The van der Waals surface area contributed by atoms with Crippen LogP contribution in [0, 0.1) is 17.3 Å². The summed E-state index contributed by atoms with van der Waals surface area (Å²) in [7, 11) is 1.11. The molecule has 1 aliphatic heterocycles. The van der Waals surface area contributed by atoms with Gasteiger partial charge in [-0.3, -0.25) is 14.4 Å². The summed E-state index contributed by atoms with van der Waals surface area (Å²) in [5.41, 5.74) is -8.83. The van der Waals surface area contributed by atoms with Gasteiger partial charge in [0.05, 0.1) is 29.3 Å². The van der Waals surface area contributed by atoms with Gasteiger partial charge in [0.1, 0.15) is 30.3 Å². The zero-order valence-corrected chi connectivity index (χ0v) is 26.8. The van der Waals surface area contributed by atoms with Crippen LogP contribution in [0.15, 0.2) is 30.3 Å². The minimum atomic E-state index is -2.08. The molecule has 3 fully saturated rings. The van der Waals surface area contributed by atoms with E-state index < -0.39 is 94.4 Å². The molecule has 45 heavy (non-hydrogen) atoms. The van der Waals surface area contributed by atoms with Crippen LogP contribution in [-0.4, -0.2) is 94.5 Å². The molecule has 248 valence electrons. The van der Waals surface area contributed by atoms with Crippen molar-refractivity contribution < 1.29 is 62.6 Å². The Hall–Kier alpha value is -3.55. The lowest BCUT2D eigenvalue weighted by Crippen LogP contribution is -2.80. The van der Waals surface area contributed by atoms with Crippen LogP contribution >= 0.6 is 0 Å². The summed E-state index contributed by atoms with van der Waals surface area (Å²) in [4.78, 5) is 65.8. The third-order valence-corrected chi connectivity index (χ3v) is 9.45. The molecule has 2 N–H and O–H groups in total. The van der Waals surface area contributed by atoms with Crippen molar-refractivity contribution in [1.82, 2.24) is 0 Å². The van der Waals surface area contributed by atoms with Crippen LogP contribution in [0.25, 0.3) is 0 Å². The van der Waals surface area contributed by atoms with Crippen LogP contribution in [0.5, 0.6) is 0 Å². The number of fused-ring (bicyclic) bond motifs is 1. The van der Waals surface area contributed by atoms with Crippen molar-refractivity contribution in [2.24, 2.45) is 17.3 Å². The Morgan fingerprint density at radius 2 is 1.56 bits per heavy atom. The van der Waals surface area contributed by atoms with Gasteiger partial charge in [0, 0.05) is 26.2 Å². The number of aliphatic hydroxyl groups is 2. The molecule has 2 aliphatic carbocycles. The van der Waals surface area contributed by atoms with Crippen LogP contribution in [0.3, 0.4) is 0 Å². The summed E-state index contributed by atoms with van der Waals surface area (Å²) in [6.45, 7) is 8.76. The topological polar surface area (TPSA) is 181 Å². The Morgan fingerprint density at radius 3 is 2.09 bits per heavy atom. The highest BCUT2D eigenvalue weighted by Crippen LogP contribution is 2.70. The molecule has 0 unspecified atom stereocenters. The highest BCUT2D eigenvalue weighted by Gasteiger charge is 2.84. The monoisotopic (exact) mass is 634 g/mol. The molecule has 0 amide bonds. The summed E-state index contributed by atoms with van der Waals surface area (Å²) >= 11 is 0. The van der Waals surface area contributed by atoms with Gasteiger partial charge in [0.2, 0.25) is 0 Å². The van der Waals surface area contributed by atoms with E-state index in [1.165, 1.54) is 32.9 Å². The fraction of sp³-hybridized carbons (Fsp3) is 0.656. The molecule has 1 spiro atoms. The van der Waals surface area contributed by atoms with Crippen molar-refractivity contribution in [3.05, 3.63) is 35.9 Å². The van der Waals surface area contributed by atoms with E-state index in [-0.39, 0.29) is 18.4 Å². The predicted octanol–water partition coefficient (Wildman–Crippen LogP) is 1.89. The molecule has 1 aromatic carbocycles. The van der Waals surface area contributed by atoms with Crippen LogP contribution in [0.4, 0.5) is 0 Å². The number of carbonyl (C=O) groups is 5. The van der Waals surface area contributed by atoms with E-state index in [9.17, 15) is 34.2 Å². The van der Waals surface area contributed by atoms with Gasteiger partial charge in [0.15, 0.2) is 11.7 Å². The zero-order valence-electron chi connectivity index (χ0n) is 26.8. The minimum absolute atomic E-state index is 0.0717. The van der Waals surface area contributed by atoms with Gasteiger partial charge in [-0.2, -0.15) is 0 Å². The average Bonchev–Trinajstić information content (AvgIpc) is 3.20. The highest BCUT2D eigenvalue weighted by atomic mass is 16.6. The Kier molecular flexibility index (Phi) is 8.90. The molecule has 13 heteroatoms. The van der Waals surface area contributed by atoms with Crippen molar-refractivity contribution in [3.8, 4) is 0 Å². The number of methoxy groups -OCH3 is 1. The van der Waals surface area contributed by atoms with E-state index in [1.807, 2.05) is 0 Å². The molecule has 3 aliphatic rings. The molecule has 2 saturated carbocycles. The Bertz CT molecular complexity index is 1350. The first kappa shape index (κ1) is 34.3. The summed E-state index contributed by atoms with van der Waals surface area (Å²) in [5.74, 6) is -6.80. The normalized spacial score (nSPS) is 34.9. The fourth-order valence-corrected chi connectivity index (χ4v) is 7.62. The van der Waals surface area contributed by atoms with Gasteiger partial charge >= 0.3 is 29.8 Å². The lowest BCUT2D eigenvalue weighted by atomic mass is 9.44. The van der Waals surface area contributed by atoms with E-state index >= 15 is 0 Å². The van der Waals surface area contributed by atoms with E-state index in [4.69, 9.17) is 28.4 Å². The molecular weight excluding hydrogens is 592 g/mol.